The van der Waals surface area contributed by atoms with Gasteiger partial charge in [-0.15, -0.1) is 0 Å². The minimum absolute atomic E-state index is 0.0130. The number of allylic oxidation sites excluding steroid dienone is 4. The van der Waals surface area contributed by atoms with Gasteiger partial charge >= 0.3 is 5.97 Å². The second-order valence-electron chi connectivity index (χ2n) is 7.55. The number of carbonyl (C=O) groups excluding carboxylic acids is 1. The molecule has 1 saturated carbocycles. The van der Waals surface area contributed by atoms with E-state index in [9.17, 15) is 19.8 Å². The minimum Gasteiger partial charge on any atom is -0.477 e. The van der Waals surface area contributed by atoms with Crippen LogP contribution in [-0.2, 0) is 9.59 Å². The number of rotatable bonds is 12. The smallest absolute Gasteiger partial charge is 0.364 e. The van der Waals surface area contributed by atoms with Gasteiger partial charge in [0.1, 0.15) is 5.78 Å². The van der Waals surface area contributed by atoms with Crippen LogP contribution in [0.3, 0.4) is 0 Å². The molecule has 0 bridgehead atoms. The summed E-state index contributed by atoms with van der Waals surface area (Å²) in [7, 11) is 0. The monoisotopic (exact) mass is 366 g/mol. The predicted octanol–water partition coefficient (Wildman–Crippen LogP) is 3.85. The first-order valence-electron chi connectivity index (χ1n) is 9.80. The molecule has 0 unspecified atom stereocenters. The van der Waals surface area contributed by atoms with E-state index in [2.05, 4.69) is 26.0 Å². The highest BCUT2D eigenvalue weighted by Gasteiger charge is 2.33. The Morgan fingerprint density at radius 1 is 1.31 bits per heavy atom. The molecule has 0 spiro atoms. The van der Waals surface area contributed by atoms with E-state index >= 15 is 0 Å². The fourth-order valence-corrected chi connectivity index (χ4v) is 3.38. The number of ketones is 1. The Balaban J connectivity index is 2.42. The van der Waals surface area contributed by atoms with Crippen molar-refractivity contribution in [2.75, 3.05) is 0 Å². The van der Waals surface area contributed by atoms with Gasteiger partial charge < -0.3 is 15.3 Å². The van der Waals surface area contributed by atoms with Crippen molar-refractivity contribution in [1.82, 2.24) is 0 Å². The van der Waals surface area contributed by atoms with Crippen molar-refractivity contribution in [2.24, 2.45) is 17.8 Å². The standard InChI is InChI=1S/C21H34O5/c1-3-4-9-16(2)10-8-11-17-13-14-19(22)18(17)12-6-5-7-15-21(25,26)20(23)24/h5-6,8,11,16-18,25-26H,3-4,7,9-10,12-15H2,1-2H3,(H,23,24)/b6-5-,11-8+/t16-,17+,18-/m1/s1. The van der Waals surface area contributed by atoms with E-state index in [1.807, 2.05) is 6.08 Å². The molecule has 0 aliphatic heterocycles. The number of carbonyl (C=O) groups is 2. The second kappa shape index (κ2) is 11.3. The summed E-state index contributed by atoms with van der Waals surface area (Å²) in [5, 5.41) is 27.1. The minimum atomic E-state index is -2.69. The first kappa shape index (κ1) is 22.6. The van der Waals surface area contributed by atoms with Crippen LogP contribution in [-0.4, -0.2) is 32.9 Å². The van der Waals surface area contributed by atoms with Gasteiger partial charge in [0.25, 0.3) is 5.79 Å². The zero-order valence-electron chi connectivity index (χ0n) is 16.1. The number of carboxylic acids is 1. The van der Waals surface area contributed by atoms with Crippen LogP contribution >= 0.6 is 0 Å². The number of aliphatic hydroxyl groups is 2. The zero-order valence-corrected chi connectivity index (χ0v) is 16.1. The first-order chi connectivity index (χ1) is 12.3. The van der Waals surface area contributed by atoms with Crippen molar-refractivity contribution < 1.29 is 24.9 Å². The van der Waals surface area contributed by atoms with Crippen molar-refractivity contribution in [1.29, 1.82) is 0 Å². The number of aliphatic carboxylic acids is 1. The lowest BCUT2D eigenvalue weighted by atomic mass is 9.90. The van der Waals surface area contributed by atoms with Crippen molar-refractivity contribution in [3.8, 4) is 0 Å². The van der Waals surface area contributed by atoms with Crippen LogP contribution in [0.4, 0.5) is 0 Å². The number of carboxylic acid groups (broad SMARTS) is 1. The summed E-state index contributed by atoms with van der Waals surface area (Å²) in [5.74, 6) is -3.11. The summed E-state index contributed by atoms with van der Waals surface area (Å²) in [6, 6.07) is 0. The van der Waals surface area contributed by atoms with Crippen molar-refractivity contribution >= 4 is 11.8 Å². The molecule has 0 radical (unpaired) electrons. The number of hydrogen-bond donors (Lipinski definition) is 3. The summed E-state index contributed by atoms with van der Waals surface area (Å²) in [6.07, 6.45) is 14.9. The molecule has 0 saturated heterocycles. The summed E-state index contributed by atoms with van der Waals surface area (Å²) in [4.78, 5) is 22.7. The number of Topliss-reactive ketones (excluding diaryl/α,β-unsaturated/α-hetero) is 1. The third-order valence-electron chi connectivity index (χ3n) is 5.19. The van der Waals surface area contributed by atoms with E-state index in [1.165, 1.54) is 19.3 Å². The molecule has 3 N–H and O–H groups in total. The summed E-state index contributed by atoms with van der Waals surface area (Å²) >= 11 is 0. The molecule has 148 valence electrons. The number of unbranched alkanes of at least 4 members (excludes halogenated alkanes) is 1. The van der Waals surface area contributed by atoms with Gasteiger partial charge in [0.05, 0.1) is 0 Å². The fourth-order valence-electron chi connectivity index (χ4n) is 3.38. The van der Waals surface area contributed by atoms with Crippen molar-refractivity contribution in [2.45, 2.75) is 77.4 Å². The van der Waals surface area contributed by atoms with E-state index in [0.717, 1.165) is 12.8 Å². The topological polar surface area (TPSA) is 94.8 Å². The average molecular weight is 366 g/mol. The fraction of sp³-hybridized carbons (Fsp3) is 0.714. The molecule has 5 nitrogen and oxygen atoms in total. The summed E-state index contributed by atoms with van der Waals surface area (Å²) in [5.41, 5.74) is 0. The van der Waals surface area contributed by atoms with E-state index in [0.29, 0.717) is 18.8 Å². The normalized spacial score (nSPS) is 22.5. The molecule has 1 aliphatic carbocycles. The maximum absolute atomic E-state index is 12.1. The lowest BCUT2D eigenvalue weighted by Crippen LogP contribution is -2.37. The lowest BCUT2D eigenvalue weighted by molar-refractivity contribution is -0.205. The summed E-state index contributed by atoms with van der Waals surface area (Å²) < 4.78 is 0. The van der Waals surface area contributed by atoms with Crippen LogP contribution in [0.5, 0.6) is 0 Å². The Hall–Kier alpha value is -1.46. The molecule has 1 aliphatic rings. The highest BCUT2D eigenvalue weighted by Crippen LogP contribution is 2.33. The third kappa shape index (κ3) is 7.83. The molecule has 0 amide bonds. The average Bonchev–Trinajstić information content (AvgIpc) is 2.92. The van der Waals surface area contributed by atoms with E-state index in [1.54, 1.807) is 6.08 Å². The molecule has 26 heavy (non-hydrogen) atoms. The first-order valence-corrected chi connectivity index (χ1v) is 9.80. The van der Waals surface area contributed by atoms with Crippen LogP contribution in [0.1, 0.15) is 71.6 Å². The Labute approximate surface area is 156 Å². The highest BCUT2D eigenvalue weighted by molar-refractivity contribution is 5.83. The zero-order chi connectivity index (χ0) is 19.6. The van der Waals surface area contributed by atoms with Gasteiger partial charge in [-0.2, -0.15) is 0 Å². The molecule has 1 fully saturated rings. The Morgan fingerprint density at radius 2 is 2.04 bits per heavy atom. The molecule has 1 rings (SSSR count). The van der Waals surface area contributed by atoms with E-state index < -0.39 is 11.8 Å². The number of hydrogen-bond acceptors (Lipinski definition) is 4. The maximum atomic E-state index is 12.1. The lowest BCUT2D eigenvalue weighted by Gasteiger charge is -2.15. The Bertz CT molecular complexity index is 507. The third-order valence-corrected chi connectivity index (χ3v) is 5.19. The van der Waals surface area contributed by atoms with Crippen LogP contribution in [0.2, 0.25) is 0 Å². The largest absolute Gasteiger partial charge is 0.477 e. The quantitative estimate of drug-likeness (QED) is 0.360. The molecule has 0 aromatic heterocycles. The highest BCUT2D eigenvalue weighted by atomic mass is 16.5. The van der Waals surface area contributed by atoms with Crippen molar-refractivity contribution in [3.63, 3.8) is 0 Å². The van der Waals surface area contributed by atoms with Gasteiger partial charge in [0.15, 0.2) is 0 Å². The van der Waals surface area contributed by atoms with Crippen LogP contribution < -0.4 is 0 Å². The molecule has 5 heteroatoms. The molecule has 0 heterocycles. The Kier molecular flexibility index (Phi) is 9.81. The molecule has 3 atom stereocenters. The van der Waals surface area contributed by atoms with Crippen LogP contribution in [0.25, 0.3) is 0 Å². The van der Waals surface area contributed by atoms with E-state index in [-0.39, 0.29) is 30.5 Å². The molecular weight excluding hydrogens is 332 g/mol. The predicted molar refractivity (Wildman–Crippen MR) is 101 cm³/mol. The van der Waals surface area contributed by atoms with E-state index in [4.69, 9.17) is 5.11 Å². The van der Waals surface area contributed by atoms with Gasteiger partial charge in [-0.3, -0.25) is 4.79 Å². The van der Waals surface area contributed by atoms with Crippen LogP contribution in [0, 0.1) is 17.8 Å². The van der Waals surface area contributed by atoms with Crippen LogP contribution in [0.15, 0.2) is 24.3 Å². The van der Waals surface area contributed by atoms with Gasteiger partial charge in [0, 0.05) is 18.8 Å². The van der Waals surface area contributed by atoms with Gasteiger partial charge in [-0.05, 0) is 37.5 Å². The Morgan fingerprint density at radius 3 is 2.69 bits per heavy atom. The second-order valence-corrected chi connectivity index (χ2v) is 7.55. The van der Waals surface area contributed by atoms with Gasteiger partial charge in [-0.1, -0.05) is 57.4 Å². The summed E-state index contributed by atoms with van der Waals surface area (Å²) in [6.45, 7) is 4.47. The molecular formula is C21H34O5. The van der Waals surface area contributed by atoms with Crippen molar-refractivity contribution in [3.05, 3.63) is 24.3 Å². The molecule has 0 aromatic carbocycles. The molecule has 0 aromatic rings. The SMILES string of the molecule is CCCC[C@@H](C)C/C=C/[C@H]1CCC(=O)[C@@H]1C/C=C\CCC(O)(O)C(=O)O. The van der Waals surface area contributed by atoms with Gasteiger partial charge in [0.2, 0.25) is 0 Å². The maximum Gasteiger partial charge on any atom is 0.364 e. The van der Waals surface area contributed by atoms with Gasteiger partial charge in [-0.25, -0.2) is 4.79 Å².